The van der Waals surface area contributed by atoms with Crippen molar-refractivity contribution in [1.29, 1.82) is 5.26 Å². The Balaban J connectivity index is 1.26. The summed E-state index contributed by atoms with van der Waals surface area (Å²) >= 11 is 5.98. The minimum atomic E-state index is -4.48. The quantitative estimate of drug-likeness (QED) is 0.462. The molecule has 0 radical (unpaired) electrons. The lowest BCUT2D eigenvalue weighted by atomic mass is 10.1. The highest BCUT2D eigenvalue weighted by atomic mass is 35.5. The van der Waals surface area contributed by atoms with Crippen molar-refractivity contribution < 1.29 is 18.0 Å². The average molecular weight is 541 g/mol. The van der Waals surface area contributed by atoms with Crippen LogP contribution >= 0.6 is 11.6 Å². The average Bonchev–Trinajstić information content (AvgIpc) is 3.36. The third kappa shape index (κ3) is 5.26. The van der Waals surface area contributed by atoms with Gasteiger partial charge < -0.3 is 4.90 Å². The standard InChI is InChI=1S/C27H24ClF3N6O/c28-21-4-6-22(7-5-21)35-14-12-34(13-15-35)10-9-25(38)36-11-8-24(37-18-33-23(17-32)26(36)37)19-2-1-3-20(16-19)27(29,30)31/h1-8,16,18H,9-15H2. The summed E-state index contributed by atoms with van der Waals surface area (Å²) in [6.07, 6.45) is -1.18. The molecule has 1 amide bonds. The number of benzene rings is 2. The Hall–Kier alpha value is -3.81. The topological polar surface area (TPSA) is 68.4 Å². The molecular formula is C27H24ClF3N6O. The fourth-order valence-electron chi connectivity index (χ4n) is 4.82. The van der Waals surface area contributed by atoms with E-state index in [0.29, 0.717) is 22.8 Å². The van der Waals surface area contributed by atoms with E-state index < -0.39 is 11.7 Å². The maximum Gasteiger partial charge on any atom is 0.416 e. The molecule has 0 unspecified atom stereocenters. The number of hydrogen-bond donors (Lipinski definition) is 0. The molecule has 196 valence electrons. The lowest BCUT2D eigenvalue weighted by molar-refractivity contribution is -0.137. The predicted octanol–water partition coefficient (Wildman–Crippen LogP) is 4.88. The Morgan fingerprint density at radius 2 is 1.82 bits per heavy atom. The zero-order valence-electron chi connectivity index (χ0n) is 20.3. The van der Waals surface area contributed by atoms with Crippen LogP contribution in [0.5, 0.6) is 0 Å². The number of rotatable bonds is 5. The Kier molecular flexibility index (Phi) is 7.15. The minimum absolute atomic E-state index is 0.0486. The van der Waals surface area contributed by atoms with Crippen molar-refractivity contribution in [2.75, 3.05) is 49.1 Å². The summed E-state index contributed by atoms with van der Waals surface area (Å²) < 4.78 is 41.3. The molecule has 2 aromatic carbocycles. The van der Waals surface area contributed by atoms with E-state index in [9.17, 15) is 23.2 Å². The summed E-state index contributed by atoms with van der Waals surface area (Å²) in [5.41, 5.74) is 1.16. The highest BCUT2D eigenvalue weighted by Crippen LogP contribution is 2.35. The summed E-state index contributed by atoms with van der Waals surface area (Å²) in [5.74, 6) is 0.0997. The molecule has 1 fully saturated rings. The molecule has 38 heavy (non-hydrogen) atoms. The van der Waals surface area contributed by atoms with Crippen LogP contribution in [0.25, 0.3) is 5.70 Å². The zero-order chi connectivity index (χ0) is 26.9. The van der Waals surface area contributed by atoms with Crippen LogP contribution < -0.4 is 9.80 Å². The number of carbonyl (C=O) groups excluding carboxylic acids is 1. The van der Waals surface area contributed by atoms with Crippen LogP contribution in [0, 0.1) is 11.3 Å². The summed E-state index contributed by atoms with van der Waals surface area (Å²) in [5, 5.41) is 10.3. The molecule has 0 N–H and O–H groups in total. The number of nitrogens with zero attached hydrogens (tertiary/aromatic N) is 6. The van der Waals surface area contributed by atoms with Gasteiger partial charge in [-0.2, -0.15) is 18.4 Å². The van der Waals surface area contributed by atoms with Gasteiger partial charge in [-0.05, 0) is 48.0 Å². The molecule has 0 atom stereocenters. The first-order valence-electron chi connectivity index (χ1n) is 12.1. The molecule has 0 aliphatic carbocycles. The molecule has 3 aromatic rings. The predicted molar refractivity (Wildman–Crippen MR) is 139 cm³/mol. The van der Waals surface area contributed by atoms with Crippen LogP contribution in [0.15, 0.2) is 60.9 Å². The second-order valence-corrected chi connectivity index (χ2v) is 9.56. The van der Waals surface area contributed by atoms with Gasteiger partial charge in [-0.15, -0.1) is 0 Å². The Labute approximate surface area is 222 Å². The number of hydrogen-bond acceptors (Lipinski definition) is 5. The van der Waals surface area contributed by atoms with E-state index in [1.807, 2.05) is 30.3 Å². The van der Waals surface area contributed by atoms with Crippen molar-refractivity contribution in [3.8, 4) is 6.07 Å². The van der Waals surface area contributed by atoms with Crippen LogP contribution in [-0.4, -0.2) is 59.6 Å². The number of anilines is 2. The number of carbonyl (C=O) groups is 1. The number of halogens is 4. The second-order valence-electron chi connectivity index (χ2n) is 9.13. The van der Waals surface area contributed by atoms with Gasteiger partial charge in [0.25, 0.3) is 0 Å². The van der Waals surface area contributed by atoms with Gasteiger partial charge in [-0.3, -0.25) is 19.2 Å². The van der Waals surface area contributed by atoms with Gasteiger partial charge in [0.15, 0.2) is 11.5 Å². The van der Waals surface area contributed by atoms with Gasteiger partial charge in [0.05, 0.1) is 11.3 Å². The van der Waals surface area contributed by atoms with E-state index in [2.05, 4.69) is 14.8 Å². The number of piperazine rings is 1. The van der Waals surface area contributed by atoms with Gasteiger partial charge in [0.2, 0.25) is 5.91 Å². The molecular weight excluding hydrogens is 517 g/mol. The van der Waals surface area contributed by atoms with E-state index >= 15 is 0 Å². The normalized spacial score (nSPS) is 16.1. The third-order valence-corrected chi connectivity index (χ3v) is 7.08. The van der Waals surface area contributed by atoms with Crippen LogP contribution in [0.1, 0.15) is 23.2 Å². The molecule has 7 nitrogen and oxygen atoms in total. The molecule has 11 heteroatoms. The van der Waals surface area contributed by atoms with Crippen molar-refractivity contribution in [3.63, 3.8) is 0 Å². The van der Waals surface area contributed by atoms with E-state index in [0.717, 1.165) is 44.0 Å². The van der Waals surface area contributed by atoms with Crippen molar-refractivity contribution in [3.05, 3.63) is 82.8 Å². The van der Waals surface area contributed by atoms with Crippen molar-refractivity contribution in [1.82, 2.24) is 14.5 Å². The fourth-order valence-corrected chi connectivity index (χ4v) is 4.95. The first-order valence-corrected chi connectivity index (χ1v) is 12.5. The summed E-state index contributed by atoms with van der Waals surface area (Å²) in [6, 6.07) is 14.7. The summed E-state index contributed by atoms with van der Waals surface area (Å²) in [7, 11) is 0. The molecule has 0 spiro atoms. The smallest absolute Gasteiger partial charge is 0.369 e. The van der Waals surface area contributed by atoms with Gasteiger partial charge >= 0.3 is 6.18 Å². The summed E-state index contributed by atoms with van der Waals surface area (Å²) in [6.45, 7) is 3.95. The van der Waals surface area contributed by atoms with Crippen molar-refractivity contribution in [2.24, 2.45) is 0 Å². The van der Waals surface area contributed by atoms with Gasteiger partial charge in [-0.25, -0.2) is 4.98 Å². The van der Waals surface area contributed by atoms with Crippen molar-refractivity contribution >= 4 is 34.7 Å². The SMILES string of the molecule is N#Cc1ncn2c1N(C(=O)CCN1CCN(c3ccc(Cl)cc3)CC1)CC=C2c1cccc(C(F)(F)F)c1. The number of amides is 1. The second kappa shape index (κ2) is 10.5. The highest BCUT2D eigenvalue weighted by molar-refractivity contribution is 6.30. The lowest BCUT2D eigenvalue weighted by Crippen LogP contribution is -2.47. The summed E-state index contributed by atoms with van der Waals surface area (Å²) in [4.78, 5) is 23.3. The maximum atomic E-state index is 13.3. The van der Waals surface area contributed by atoms with E-state index in [1.165, 1.54) is 21.9 Å². The third-order valence-electron chi connectivity index (χ3n) is 6.82. The molecule has 1 saturated heterocycles. The first kappa shape index (κ1) is 25.8. The maximum absolute atomic E-state index is 13.3. The molecule has 3 heterocycles. The Morgan fingerprint density at radius 1 is 1.08 bits per heavy atom. The van der Waals surface area contributed by atoms with Crippen LogP contribution in [0.2, 0.25) is 5.02 Å². The van der Waals surface area contributed by atoms with E-state index in [4.69, 9.17) is 11.6 Å². The number of aromatic nitrogens is 2. The Morgan fingerprint density at radius 3 is 2.50 bits per heavy atom. The molecule has 5 rings (SSSR count). The molecule has 0 saturated carbocycles. The van der Waals surface area contributed by atoms with Crippen LogP contribution in [0.3, 0.4) is 0 Å². The number of fused-ring (bicyclic) bond motifs is 1. The molecule has 0 bridgehead atoms. The minimum Gasteiger partial charge on any atom is -0.369 e. The monoisotopic (exact) mass is 540 g/mol. The molecule has 2 aliphatic heterocycles. The fraction of sp³-hybridized carbons (Fsp3) is 0.296. The van der Waals surface area contributed by atoms with Crippen LogP contribution in [-0.2, 0) is 11.0 Å². The molecule has 1 aromatic heterocycles. The zero-order valence-corrected chi connectivity index (χ0v) is 21.1. The lowest BCUT2D eigenvalue weighted by Gasteiger charge is -2.36. The van der Waals surface area contributed by atoms with E-state index in [-0.39, 0.29) is 30.4 Å². The van der Waals surface area contributed by atoms with Crippen LogP contribution in [0.4, 0.5) is 24.7 Å². The van der Waals surface area contributed by atoms with E-state index in [1.54, 1.807) is 12.1 Å². The van der Waals surface area contributed by atoms with Gasteiger partial charge in [0, 0.05) is 56.4 Å². The number of alkyl halides is 3. The Bertz CT molecular complexity index is 1400. The largest absolute Gasteiger partial charge is 0.416 e. The molecule has 2 aliphatic rings. The van der Waals surface area contributed by atoms with Crippen molar-refractivity contribution in [2.45, 2.75) is 12.6 Å². The first-order chi connectivity index (χ1) is 18.2. The van der Waals surface area contributed by atoms with Gasteiger partial charge in [-0.1, -0.05) is 23.7 Å². The highest BCUT2D eigenvalue weighted by Gasteiger charge is 2.32. The van der Waals surface area contributed by atoms with Gasteiger partial charge in [0.1, 0.15) is 12.4 Å². The number of imidazole rings is 1. The number of nitriles is 1.